The first kappa shape index (κ1) is 15.3. The van der Waals surface area contributed by atoms with Gasteiger partial charge in [0.1, 0.15) is 0 Å². The van der Waals surface area contributed by atoms with Crippen LogP contribution in [0.2, 0.25) is 0 Å². The molecule has 7 nitrogen and oxygen atoms in total. The second kappa shape index (κ2) is 6.13. The Morgan fingerprint density at radius 1 is 1.09 bits per heavy atom. The van der Waals surface area contributed by atoms with Gasteiger partial charge >= 0.3 is 5.82 Å². The lowest BCUT2D eigenvalue weighted by Crippen LogP contribution is -2.30. The first-order valence-electron chi connectivity index (χ1n) is 6.42. The Kier molecular flexibility index (Phi) is 4.26. The molecule has 112 valence electrons. The highest BCUT2D eigenvalue weighted by atomic mass is 16.6. The molecule has 1 N–H and O–H groups in total. The lowest BCUT2D eigenvalue weighted by Gasteiger charge is -2.04. The van der Waals surface area contributed by atoms with Gasteiger partial charge in [-0.05, 0) is 42.0 Å². The number of benzene rings is 1. The molecule has 0 atom stereocenters. The van der Waals surface area contributed by atoms with Crippen LogP contribution in [0, 0.1) is 24.0 Å². The summed E-state index contributed by atoms with van der Waals surface area (Å²) >= 11 is 0. The molecule has 2 amide bonds. The predicted octanol–water partition coefficient (Wildman–Crippen LogP) is 2.18. The van der Waals surface area contributed by atoms with Crippen LogP contribution in [0.1, 0.15) is 31.8 Å². The number of aryl methyl sites for hydroxylation is 2. The molecule has 0 spiro atoms. The average Bonchev–Trinajstić information content (AvgIpc) is 2.47. The van der Waals surface area contributed by atoms with Gasteiger partial charge in [-0.15, -0.1) is 0 Å². The zero-order valence-electron chi connectivity index (χ0n) is 12.0. The molecule has 0 radical (unpaired) electrons. The molecule has 0 bridgehead atoms. The number of carbonyl (C=O) groups excluding carboxylic acids is 2. The van der Waals surface area contributed by atoms with E-state index < -0.39 is 16.7 Å². The fraction of sp³-hybridized carbons (Fsp3) is 0.133. The summed E-state index contributed by atoms with van der Waals surface area (Å²) in [5.41, 5.74) is 1.69. The van der Waals surface area contributed by atoms with Crippen molar-refractivity contribution >= 4 is 17.6 Å². The minimum Gasteiger partial charge on any atom is -0.358 e. The van der Waals surface area contributed by atoms with Crippen LogP contribution in [0.4, 0.5) is 5.82 Å². The molecule has 0 aliphatic carbocycles. The first-order chi connectivity index (χ1) is 10.4. The minimum atomic E-state index is -0.656. The Balaban J connectivity index is 2.15. The van der Waals surface area contributed by atoms with E-state index in [-0.39, 0.29) is 16.9 Å². The van der Waals surface area contributed by atoms with Crippen molar-refractivity contribution < 1.29 is 14.5 Å². The van der Waals surface area contributed by atoms with E-state index in [1.807, 2.05) is 6.92 Å². The van der Waals surface area contributed by atoms with E-state index >= 15 is 0 Å². The number of amides is 2. The quantitative estimate of drug-likeness (QED) is 0.531. The first-order valence-corrected chi connectivity index (χ1v) is 6.42. The van der Waals surface area contributed by atoms with Crippen LogP contribution in [0.15, 0.2) is 36.5 Å². The Morgan fingerprint density at radius 2 is 1.68 bits per heavy atom. The summed E-state index contributed by atoms with van der Waals surface area (Å²) in [6, 6.07) is 8.06. The monoisotopic (exact) mass is 299 g/mol. The van der Waals surface area contributed by atoms with Gasteiger partial charge < -0.3 is 10.1 Å². The number of imide groups is 1. The summed E-state index contributed by atoms with van der Waals surface area (Å²) < 4.78 is 0. The maximum absolute atomic E-state index is 12.0. The zero-order valence-corrected chi connectivity index (χ0v) is 12.0. The van der Waals surface area contributed by atoms with Crippen LogP contribution < -0.4 is 5.32 Å². The summed E-state index contributed by atoms with van der Waals surface area (Å²) in [7, 11) is 0. The number of nitro groups is 1. The summed E-state index contributed by atoms with van der Waals surface area (Å²) in [6.45, 7) is 3.36. The van der Waals surface area contributed by atoms with Crippen molar-refractivity contribution in [3.63, 3.8) is 0 Å². The van der Waals surface area contributed by atoms with Gasteiger partial charge in [0.2, 0.25) is 0 Å². The largest absolute Gasteiger partial charge is 0.366 e. The molecule has 0 fully saturated rings. The predicted molar refractivity (Wildman–Crippen MR) is 78.6 cm³/mol. The topological polar surface area (TPSA) is 102 Å². The number of rotatable bonds is 3. The van der Waals surface area contributed by atoms with Crippen molar-refractivity contribution in [1.82, 2.24) is 10.3 Å². The maximum atomic E-state index is 12.0. The van der Waals surface area contributed by atoms with Crippen LogP contribution >= 0.6 is 0 Å². The van der Waals surface area contributed by atoms with Crippen LogP contribution in [-0.2, 0) is 0 Å². The number of carbonyl (C=O) groups is 2. The second-order valence-electron chi connectivity index (χ2n) is 4.77. The smallest absolute Gasteiger partial charge is 0.358 e. The van der Waals surface area contributed by atoms with Gasteiger partial charge in [-0.2, -0.15) is 0 Å². The van der Waals surface area contributed by atoms with Crippen LogP contribution in [0.3, 0.4) is 0 Å². The van der Waals surface area contributed by atoms with E-state index in [0.29, 0.717) is 5.56 Å². The van der Waals surface area contributed by atoms with Crippen LogP contribution in [0.5, 0.6) is 0 Å². The summed E-state index contributed by atoms with van der Waals surface area (Å²) in [5.74, 6) is -1.52. The Morgan fingerprint density at radius 3 is 2.23 bits per heavy atom. The fourth-order valence-corrected chi connectivity index (χ4v) is 1.84. The maximum Gasteiger partial charge on any atom is 0.366 e. The molecule has 0 saturated carbocycles. The van der Waals surface area contributed by atoms with Gasteiger partial charge in [0.05, 0.1) is 5.56 Å². The standard InChI is InChI=1S/C15H13N3O4/c1-9-3-5-11(6-4-9)14(19)17-15(20)12-7-10(2)13(16-8-12)18(21)22/h3-8H,1-2H3,(H,17,19,20). The van der Waals surface area contributed by atoms with E-state index in [1.165, 1.54) is 13.0 Å². The highest BCUT2D eigenvalue weighted by molar-refractivity contribution is 6.10. The van der Waals surface area contributed by atoms with E-state index in [1.54, 1.807) is 24.3 Å². The third kappa shape index (κ3) is 3.32. The number of pyridine rings is 1. The van der Waals surface area contributed by atoms with Gasteiger partial charge in [0.25, 0.3) is 11.8 Å². The van der Waals surface area contributed by atoms with Crippen molar-refractivity contribution in [2.75, 3.05) is 0 Å². The third-order valence-electron chi connectivity index (χ3n) is 3.03. The Bertz CT molecular complexity index is 754. The molecule has 0 unspecified atom stereocenters. The van der Waals surface area contributed by atoms with Crippen molar-refractivity contribution in [2.24, 2.45) is 0 Å². The fourth-order valence-electron chi connectivity index (χ4n) is 1.84. The number of hydrogen-bond donors (Lipinski definition) is 1. The molecule has 2 rings (SSSR count). The van der Waals surface area contributed by atoms with E-state index in [9.17, 15) is 19.7 Å². The zero-order chi connectivity index (χ0) is 16.3. The molecular formula is C15H13N3O4. The van der Waals surface area contributed by atoms with Gasteiger partial charge in [-0.1, -0.05) is 17.7 Å². The highest BCUT2D eigenvalue weighted by Gasteiger charge is 2.18. The highest BCUT2D eigenvalue weighted by Crippen LogP contribution is 2.15. The van der Waals surface area contributed by atoms with Crippen LogP contribution in [0.25, 0.3) is 0 Å². The average molecular weight is 299 g/mol. The molecule has 0 saturated heterocycles. The number of nitrogens with zero attached hydrogens (tertiary/aromatic N) is 2. The minimum absolute atomic E-state index is 0.0866. The third-order valence-corrected chi connectivity index (χ3v) is 3.03. The van der Waals surface area contributed by atoms with Crippen LogP contribution in [-0.4, -0.2) is 21.7 Å². The molecule has 1 aromatic carbocycles. The van der Waals surface area contributed by atoms with Gasteiger partial charge in [0, 0.05) is 11.1 Å². The molecule has 22 heavy (non-hydrogen) atoms. The van der Waals surface area contributed by atoms with Crippen molar-refractivity contribution in [1.29, 1.82) is 0 Å². The molecule has 2 aromatic rings. The number of hydrogen-bond acceptors (Lipinski definition) is 5. The lowest BCUT2D eigenvalue weighted by molar-refractivity contribution is -0.390. The molecule has 1 heterocycles. The van der Waals surface area contributed by atoms with E-state index in [2.05, 4.69) is 10.3 Å². The summed E-state index contributed by atoms with van der Waals surface area (Å²) in [4.78, 5) is 37.6. The van der Waals surface area contributed by atoms with Gasteiger partial charge in [0.15, 0.2) is 6.20 Å². The van der Waals surface area contributed by atoms with Gasteiger partial charge in [-0.3, -0.25) is 14.9 Å². The number of aromatic nitrogens is 1. The normalized spacial score (nSPS) is 10.1. The van der Waals surface area contributed by atoms with Crippen molar-refractivity contribution in [3.05, 3.63) is 68.9 Å². The number of nitrogens with one attached hydrogen (secondary N) is 1. The molecule has 7 heteroatoms. The second-order valence-corrected chi connectivity index (χ2v) is 4.77. The lowest BCUT2D eigenvalue weighted by atomic mass is 10.1. The van der Waals surface area contributed by atoms with E-state index in [4.69, 9.17) is 0 Å². The molecular weight excluding hydrogens is 286 g/mol. The molecule has 1 aromatic heterocycles. The summed E-state index contributed by atoms with van der Waals surface area (Å²) in [5, 5.41) is 12.9. The van der Waals surface area contributed by atoms with Crippen molar-refractivity contribution in [3.8, 4) is 0 Å². The molecule has 0 aliphatic heterocycles. The summed E-state index contributed by atoms with van der Waals surface area (Å²) in [6.07, 6.45) is 1.07. The molecule has 0 aliphatic rings. The SMILES string of the molecule is Cc1ccc(C(=O)NC(=O)c2cnc([N+](=O)[O-])c(C)c2)cc1. The Hall–Kier alpha value is -3.09. The van der Waals surface area contributed by atoms with E-state index in [0.717, 1.165) is 11.8 Å². The van der Waals surface area contributed by atoms with Crippen molar-refractivity contribution in [2.45, 2.75) is 13.8 Å². The Labute approximate surface area is 126 Å². The van der Waals surface area contributed by atoms with Gasteiger partial charge in [-0.25, -0.2) is 0 Å².